The first-order chi connectivity index (χ1) is 18.3. The van der Waals surface area contributed by atoms with Crippen LogP contribution in [0.3, 0.4) is 0 Å². The van der Waals surface area contributed by atoms with Gasteiger partial charge in [-0.2, -0.15) is 4.31 Å². The number of aliphatic hydroxyl groups is 1. The van der Waals surface area contributed by atoms with Gasteiger partial charge >= 0.3 is 0 Å². The molecule has 0 radical (unpaired) electrons. The van der Waals surface area contributed by atoms with Gasteiger partial charge in [-0.1, -0.05) is 12.1 Å². The molecule has 3 rings (SSSR count). The topological polar surface area (TPSA) is 135 Å². The van der Waals surface area contributed by atoms with Crippen molar-refractivity contribution >= 4 is 21.8 Å². The number of morpholine rings is 1. The average Bonchev–Trinajstić information content (AvgIpc) is 2.95. The van der Waals surface area contributed by atoms with Crippen molar-refractivity contribution in [3.63, 3.8) is 0 Å². The molecule has 1 aliphatic heterocycles. The second-order valence-electron chi connectivity index (χ2n) is 8.69. The van der Waals surface area contributed by atoms with Gasteiger partial charge < -0.3 is 29.5 Å². The Morgan fingerprint density at radius 2 is 1.71 bits per heavy atom. The van der Waals surface area contributed by atoms with Crippen LogP contribution in [0, 0.1) is 0 Å². The summed E-state index contributed by atoms with van der Waals surface area (Å²) in [5.41, 5.74) is 0.798. The van der Waals surface area contributed by atoms with E-state index in [1.165, 1.54) is 33.5 Å². The summed E-state index contributed by atoms with van der Waals surface area (Å²) < 4.78 is 43.1. The highest BCUT2D eigenvalue weighted by Gasteiger charge is 2.28. The van der Waals surface area contributed by atoms with Gasteiger partial charge in [-0.15, -0.1) is 0 Å². The molecule has 2 aromatic carbocycles. The summed E-state index contributed by atoms with van der Waals surface area (Å²) in [6.07, 6.45) is 0.408. The molecule has 1 fully saturated rings. The molecule has 0 aromatic heterocycles. The van der Waals surface area contributed by atoms with Crippen LogP contribution in [-0.4, -0.2) is 93.8 Å². The Morgan fingerprint density at radius 3 is 2.32 bits per heavy atom. The molecule has 12 heteroatoms. The monoisotopic (exact) mass is 549 g/mol. The Labute approximate surface area is 223 Å². The van der Waals surface area contributed by atoms with Crippen LogP contribution in [-0.2, 0) is 30.9 Å². The molecule has 1 heterocycles. The molecule has 2 aromatic rings. The number of methoxy groups -OCH3 is 1. The summed E-state index contributed by atoms with van der Waals surface area (Å²) in [6, 6.07) is 12.2. The largest absolute Gasteiger partial charge is 0.497 e. The summed E-state index contributed by atoms with van der Waals surface area (Å²) in [6.45, 7) is 2.99. The van der Waals surface area contributed by atoms with Crippen molar-refractivity contribution < 1.29 is 37.3 Å². The van der Waals surface area contributed by atoms with Gasteiger partial charge in [0.15, 0.2) is 6.61 Å². The molecule has 1 saturated heterocycles. The van der Waals surface area contributed by atoms with E-state index in [2.05, 4.69) is 5.32 Å². The molecule has 2 N–H and O–H groups in total. The number of carbonyl (C=O) groups is 2. The number of nitrogens with zero attached hydrogens (tertiary/aromatic N) is 2. The van der Waals surface area contributed by atoms with Crippen LogP contribution in [0.1, 0.15) is 18.9 Å². The highest BCUT2D eigenvalue weighted by Crippen LogP contribution is 2.21. The fourth-order valence-electron chi connectivity index (χ4n) is 3.82. The van der Waals surface area contributed by atoms with Crippen molar-refractivity contribution in [2.24, 2.45) is 0 Å². The van der Waals surface area contributed by atoms with E-state index in [1.54, 1.807) is 26.2 Å². The zero-order valence-corrected chi connectivity index (χ0v) is 22.5. The normalized spacial score (nSPS) is 14.9. The minimum Gasteiger partial charge on any atom is -0.497 e. The third-order valence-electron chi connectivity index (χ3n) is 6.11. The van der Waals surface area contributed by atoms with Gasteiger partial charge in [-0.05, 0) is 55.3 Å². The average molecular weight is 550 g/mol. The van der Waals surface area contributed by atoms with Crippen molar-refractivity contribution in [3.05, 3.63) is 54.1 Å². The maximum absolute atomic E-state index is 13.2. The van der Waals surface area contributed by atoms with Crippen molar-refractivity contribution in [1.82, 2.24) is 14.5 Å². The highest BCUT2D eigenvalue weighted by atomic mass is 32.2. The fourth-order valence-corrected chi connectivity index (χ4v) is 5.23. The number of amides is 2. The molecule has 208 valence electrons. The summed E-state index contributed by atoms with van der Waals surface area (Å²) in [4.78, 5) is 27.4. The summed E-state index contributed by atoms with van der Waals surface area (Å²) in [5, 5.41) is 11.7. The lowest BCUT2D eigenvalue weighted by atomic mass is 10.1. The van der Waals surface area contributed by atoms with E-state index in [0.717, 1.165) is 5.56 Å². The van der Waals surface area contributed by atoms with E-state index < -0.39 is 22.0 Å². The number of hydrogen-bond donors (Lipinski definition) is 2. The van der Waals surface area contributed by atoms with E-state index in [-0.39, 0.29) is 30.6 Å². The zero-order valence-electron chi connectivity index (χ0n) is 21.7. The number of rotatable bonds is 13. The maximum Gasteiger partial charge on any atom is 0.261 e. The first-order valence-corrected chi connectivity index (χ1v) is 13.8. The summed E-state index contributed by atoms with van der Waals surface area (Å²) >= 11 is 0. The Balaban J connectivity index is 1.67. The lowest BCUT2D eigenvalue weighted by molar-refractivity contribution is -0.142. The van der Waals surface area contributed by atoms with Crippen LogP contribution >= 0.6 is 0 Å². The summed E-state index contributed by atoms with van der Waals surface area (Å²) in [5.74, 6) is 0.223. The molecular weight excluding hydrogens is 514 g/mol. The molecule has 11 nitrogen and oxygen atoms in total. The number of hydrogen-bond acceptors (Lipinski definition) is 8. The minimum atomic E-state index is -3.64. The molecule has 0 saturated carbocycles. The Morgan fingerprint density at radius 1 is 1.08 bits per heavy atom. The van der Waals surface area contributed by atoms with E-state index >= 15 is 0 Å². The van der Waals surface area contributed by atoms with Crippen molar-refractivity contribution in [2.75, 3.05) is 53.2 Å². The summed E-state index contributed by atoms with van der Waals surface area (Å²) in [7, 11) is -2.08. The van der Waals surface area contributed by atoms with Crippen molar-refractivity contribution in [3.8, 4) is 11.5 Å². The second kappa shape index (κ2) is 14.1. The Hall–Kier alpha value is -3.19. The van der Waals surface area contributed by atoms with Gasteiger partial charge in [0.05, 0.1) is 25.2 Å². The van der Waals surface area contributed by atoms with E-state index in [0.29, 0.717) is 50.8 Å². The van der Waals surface area contributed by atoms with Crippen molar-refractivity contribution in [1.29, 1.82) is 0 Å². The van der Waals surface area contributed by atoms with E-state index in [4.69, 9.17) is 19.3 Å². The van der Waals surface area contributed by atoms with Crippen molar-refractivity contribution in [2.45, 2.75) is 30.8 Å². The third-order valence-corrected chi connectivity index (χ3v) is 8.02. The Kier molecular flexibility index (Phi) is 10.9. The molecule has 0 bridgehead atoms. The maximum atomic E-state index is 13.2. The molecule has 2 amide bonds. The number of sulfonamides is 1. The minimum absolute atomic E-state index is 0.0521. The van der Waals surface area contributed by atoms with Crippen LogP contribution in [0.2, 0.25) is 0 Å². The van der Waals surface area contributed by atoms with Gasteiger partial charge in [0.1, 0.15) is 17.5 Å². The van der Waals surface area contributed by atoms with E-state index in [9.17, 15) is 18.0 Å². The number of aliphatic hydroxyl groups excluding tert-OH is 1. The quantitative estimate of drug-likeness (QED) is 0.354. The van der Waals surface area contributed by atoms with Gasteiger partial charge in [0, 0.05) is 32.8 Å². The molecule has 1 aliphatic rings. The van der Waals surface area contributed by atoms with Gasteiger partial charge in [-0.25, -0.2) is 8.42 Å². The lowest BCUT2D eigenvalue weighted by Gasteiger charge is -2.29. The van der Waals surface area contributed by atoms with Gasteiger partial charge in [0.25, 0.3) is 5.91 Å². The van der Waals surface area contributed by atoms with E-state index in [1.807, 2.05) is 12.1 Å². The first-order valence-electron chi connectivity index (χ1n) is 12.4. The smallest absolute Gasteiger partial charge is 0.261 e. The molecule has 0 spiro atoms. The SMILES string of the molecule is COc1ccc(CN(C(=O)COc2ccc(S(=O)(=O)N3CCOCC3)cc2)[C@@H](C)C(=O)NCCCO)cc1. The number of ether oxygens (including phenoxy) is 3. The molecule has 0 unspecified atom stereocenters. The zero-order chi connectivity index (χ0) is 27.5. The van der Waals surface area contributed by atoms with Gasteiger partial charge in [0.2, 0.25) is 15.9 Å². The molecule has 0 aliphatic carbocycles. The first kappa shape index (κ1) is 29.4. The molecule has 1 atom stereocenters. The van der Waals surface area contributed by atoms with Crippen LogP contribution in [0.4, 0.5) is 0 Å². The number of benzene rings is 2. The Bertz CT molecular complexity index is 1150. The van der Waals surface area contributed by atoms with Crippen LogP contribution < -0.4 is 14.8 Å². The predicted molar refractivity (Wildman–Crippen MR) is 139 cm³/mol. The van der Waals surface area contributed by atoms with Crippen LogP contribution in [0.15, 0.2) is 53.4 Å². The molecule has 38 heavy (non-hydrogen) atoms. The standard InChI is InChI=1S/C26H35N3O8S/c1-20(26(32)27-12-3-15-30)29(18-21-4-6-22(35-2)7-5-21)25(31)19-37-23-8-10-24(11-9-23)38(33,34)28-13-16-36-17-14-28/h4-11,20,30H,3,12-19H2,1-2H3,(H,27,32)/t20-/m0/s1. The predicted octanol–water partition coefficient (Wildman–Crippen LogP) is 1.01. The van der Waals surface area contributed by atoms with Crippen LogP contribution in [0.25, 0.3) is 0 Å². The fraction of sp³-hybridized carbons (Fsp3) is 0.462. The lowest BCUT2D eigenvalue weighted by Crippen LogP contribution is -2.49. The van der Waals surface area contributed by atoms with Crippen LogP contribution in [0.5, 0.6) is 11.5 Å². The second-order valence-corrected chi connectivity index (χ2v) is 10.6. The molecular formula is C26H35N3O8S. The number of nitrogens with one attached hydrogen (secondary N) is 1. The number of carbonyl (C=O) groups excluding carboxylic acids is 2. The highest BCUT2D eigenvalue weighted by molar-refractivity contribution is 7.89. The van der Waals surface area contributed by atoms with Gasteiger partial charge in [-0.3, -0.25) is 9.59 Å². The third kappa shape index (κ3) is 7.90.